The van der Waals surface area contributed by atoms with Crippen LogP contribution in [0.5, 0.6) is 0 Å². The second kappa shape index (κ2) is 4.86. The Morgan fingerprint density at radius 1 is 1.33 bits per heavy atom. The Labute approximate surface area is 125 Å². The molecule has 4 heteroatoms. The molecule has 4 rings (SSSR count). The van der Waals surface area contributed by atoms with Crippen molar-refractivity contribution in [3.8, 4) is 11.3 Å². The maximum Gasteiger partial charge on any atom is 0.132 e. The number of aromatic nitrogens is 3. The zero-order valence-electron chi connectivity index (χ0n) is 12.4. The molecule has 21 heavy (non-hydrogen) atoms. The molecule has 4 atom stereocenters. The van der Waals surface area contributed by atoms with Crippen molar-refractivity contribution in [1.29, 1.82) is 0 Å². The highest BCUT2D eigenvalue weighted by atomic mass is 15.1. The SMILES string of the molecule is CC(C1CC2CCC1C2)n1cncc1-c1cccnc1N. The van der Waals surface area contributed by atoms with Crippen LogP contribution in [0, 0.1) is 17.8 Å². The number of nitrogens with two attached hydrogens (primary N) is 1. The largest absolute Gasteiger partial charge is 0.383 e. The molecule has 2 aromatic rings. The maximum atomic E-state index is 6.04. The average molecular weight is 282 g/mol. The Kier molecular flexibility index (Phi) is 2.98. The molecular weight excluding hydrogens is 260 g/mol. The summed E-state index contributed by atoms with van der Waals surface area (Å²) in [7, 11) is 0. The van der Waals surface area contributed by atoms with Crippen LogP contribution in [-0.4, -0.2) is 14.5 Å². The number of hydrogen-bond acceptors (Lipinski definition) is 3. The topological polar surface area (TPSA) is 56.7 Å². The molecule has 2 aromatic heterocycles. The molecule has 2 fully saturated rings. The fourth-order valence-corrected chi connectivity index (χ4v) is 4.56. The van der Waals surface area contributed by atoms with Crippen LogP contribution in [-0.2, 0) is 0 Å². The van der Waals surface area contributed by atoms with Crippen LogP contribution in [0.15, 0.2) is 30.9 Å². The van der Waals surface area contributed by atoms with Crippen LogP contribution in [0.3, 0.4) is 0 Å². The van der Waals surface area contributed by atoms with Crippen LogP contribution >= 0.6 is 0 Å². The summed E-state index contributed by atoms with van der Waals surface area (Å²) in [6, 6.07) is 4.45. The third-order valence-corrected chi connectivity index (χ3v) is 5.63. The normalized spacial score (nSPS) is 28.9. The Morgan fingerprint density at radius 3 is 2.95 bits per heavy atom. The van der Waals surface area contributed by atoms with Gasteiger partial charge in [-0.15, -0.1) is 0 Å². The van der Waals surface area contributed by atoms with E-state index in [-0.39, 0.29) is 0 Å². The molecule has 2 aliphatic carbocycles. The number of rotatable bonds is 3. The summed E-state index contributed by atoms with van der Waals surface area (Å²) >= 11 is 0. The van der Waals surface area contributed by atoms with Crippen molar-refractivity contribution < 1.29 is 0 Å². The Balaban J connectivity index is 1.68. The van der Waals surface area contributed by atoms with Crippen LogP contribution < -0.4 is 5.73 Å². The standard InChI is InChI=1S/C17H22N4/c1-11(15-8-12-4-5-13(15)7-12)21-10-19-9-16(21)14-3-2-6-20-17(14)18/h2-3,6,9-13,15H,4-5,7-8H2,1H3,(H2,18,20). The Morgan fingerprint density at radius 2 is 2.24 bits per heavy atom. The minimum Gasteiger partial charge on any atom is -0.383 e. The van der Waals surface area contributed by atoms with E-state index in [2.05, 4.69) is 21.5 Å². The summed E-state index contributed by atoms with van der Waals surface area (Å²) in [6.45, 7) is 2.34. The summed E-state index contributed by atoms with van der Waals surface area (Å²) < 4.78 is 2.30. The minimum atomic E-state index is 0.484. The summed E-state index contributed by atoms with van der Waals surface area (Å²) in [5, 5.41) is 0. The number of hydrogen-bond donors (Lipinski definition) is 1. The van der Waals surface area contributed by atoms with Crippen molar-refractivity contribution in [3.05, 3.63) is 30.9 Å². The quantitative estimate of drug-likeness (QED) is 0.937. The van der Waals surface area contributed by atoms with Gasteiger partial charge in [-0.25, -0.2) is 9.97 Å². The molecule has 4 nitrogen and oxygen atoms in total. The van der Waals surface area contributed by atoms with Gasteiger partial charge >= 0.3 is 0 Å². The van der Waals surface area contributed by atoms with Crippen molar-refractivity contribution >= 4 is 5.82 Å². The van der Waals surface area contributed by atoms with Gasteiger partial charge in [-0.1, -0.05) is 6.42 Å². The lowest BCUT2D eigenvalue weighted by Crippen LogP contribution is -2.22. The van der Waals surface area contributed by atoms with E-state index in [1.165, 1.54) is 25.7 Å². The Bertz CT molecular complexity index is 648. The van der Waals surface area contributed by atoms with Crippen molar-refractivity contribution in [1.82, 2.24) is 14.5 Å². The average Bonchev–Trinajstić information content (AvgIpc) is 3.23. The molecule has 2 aliphatic rings. The molecule has 2 heterocycles. The summed E-state index contributed by atoms with van der Waals surface area (Å²) in [5.74, 6) is 3.25. The van der Waals surface area contributed by atoms with E-state index in [0.717, 1.165) is 29.0 Å². The van der Waals surface area contributed by atoms with Gasteiger partial charge in [-0.2, -0.15) is 0 Å². The van der Waals surface area contributed by atoms with Gasteiger partial charge in [0.2, 0.25) is 0 Å². The molecule has 110 valence electrons. The van der Waals surface area contributed by atoms with Crippen LogP contribution in [0.4, 0.5) is 5.82 Å². The smallest absolute Gasteiger partial charge is 0.132 e. The molecular formula is C17H22N4. The first-order valence-corrected chi connectivity index (χ1v) is 7.96. The molecule has 0 aliphatic heterocycles. The number of nitrogens with zero attached hydrogens (tertiary/aromatic N) is 3. The lowest BCUT2D eigenvalue weighted by atomic mass is 9.83. The lowest BCUT2D eigenvalue weighted by molar-refractivity contribution is 0.244. The van der Waals surface area contributed by atoms with E-state index in [4.69, 9.17) is 5.73 Å². The molecule has 0 radical (unpaired) electrons. The van der Waals surface area contributed by atoms with Crippen molar-refractivity contribution in [2.24, 2.45) is 17.8 Å². The maximum absolute atomic E-state index is 6.04. The van der Waals surface area contributed by atoms with Crippen LogP contribution in [0.1, 0.15) is 38.6 Å². The van der Waals surface area contributed by atoms with E-state index in [1.54, 1.807) is 6.20 Å². The highest BCUT2D eigenvalue weighted by Crippen LogP contribution is 2.52. The summed E-state index contributed by atoms with van der Waals surface area (Å²) in [6.07, 6.45) is 11.3. The summed E-state index contributed by atoms with van der Waals surface area (Å²) in [5.41, 5.74) is 8.13. The summed E-state index contributed by atoms with van der Waals surface area (Å²) in [4.78, 5) is 8.58. The number of nitrogen functional groups attached to an aromatic ring is 1. The molecule has 4 unspecified atom stereocenters. The molecule has 0 aromatic carbocycles. The zero-order valence-corrected chi connectivity index (χ0v) is 12.4. The van der Waals surface area contributed by atoms with E-state index in [1.807, 2.05) is 24.7 Å². The van der Waals surface area contributed by atoms with E-state index in [9.17, 15) is 0 Å². The third-order valence-electron chi connectivity index (χ3n) is 5.63. The Hall–Kier alpha value is -1.84. The van der Waals surface area contributed by atoms with Gasteiger partial charge in [0.1, 0.15) is 5.82 Å². The van der Waals surface area contributed by atoms with Crippen molar-refractivity contribution in [2.75, 3.05) is 5.73 Å². The monoisotopic (exact) mass is 282 g/mol. The second-order valence-corrected chi connectivity index (χ2v) is 6.70. The van der Waals surface area contributed by atoms with E-state index >= 15 is 0 Å². The van der Waals surface area contributed by atoms with Crippen molar-refractivity contribution in [2.45, 2.75) is 38.6 Å². The van der Waals surface area contributed by atoms with Crippen molar-refractivity contribution in [3.63, 3.8) is 0 Å². The number of imidazole rings is 1. The van der Waals surface area contributed by atoms with Crippen LogP contribution in [0.2, 0.25) is 0 Å². The minimum absolute atomic E-state index is 0.484. The number of anilines is 1. The molecule has 0 amide bonds. The highest BCUT2D eigenvalue weighted by molar-refractivity contribution is 5.70. The van der Waals surface area contributed by atoms with E-state index < -0.39 is 0 Å². The van der Waals surface area contributed by atoms with Crippen LogP contribution in [0.25, 0.3) is 11.3 Å². The number of pyridine rings is 1. The van der Waals surface area contributed by atoms with Gasteiger partial charge in [0.05, 0.1) is 18.2 Å². The first kappa shape index (κ1) is 12.9. The van der Waals surface area contributed by atoms with Gasteiger partial charge in [-0.3, -0.25) is 0 Å². The van der Waals surface area contributed by atoms with Gasteiger partial charge < -0.3 is 10.3 Å². The third kappa shape index (κ3) is 2.04. The highest BCUT2D eigenvalue weighted by Gasteiger charge is 2.42. The van der Waals surface area contributed by atoms with Gasteiger partial charge in [0.15, 0.2) is 0 Å². The van der Waals surface area contributed by atoms with Gasteiger partial charge in [-0.05, 0) is 56.1 Å². The molecule has 2 bridgehead atoms. The molecule has 2 N–H and O–H groups in total. The first-order valence-electron chi connectivity index (χ1n) is 7.96. The van der Waals surface area contributed by atoms with Gasteiger partial charge in [0, 0.05) is 17.8 Å². The fourth-order valence-electron chi connectivity index (χ4n) is 4.56. The van der Waals surface area contributed by atoms with E-state index in [0.29, 0.717) is 11.9 Å². The molecule has 0 saturated heterocycles. The molecule has 0 spiro atoms. The lowest BCUT2D eigenvalue weighted by Gasteiger charge is -2.30. The zero-order chi connectivity index (χ0) is 14.4. The first-order chi connectivity index (χ1) is 10.2. The number of fused-ring (bicyclic) bond motifs is 2. The predicted octanol–water partition coefficient (Wildman–Crippen LogP) is 3.52. The second-order valence-electron chi connectivity index (χ2n) is 6.70. The molecule has 2 saturated carbocycles. The fraction of sp³-hybridized carbons (Fsp3) is 0.529. The van der Waals surface area contributed by atoms with Gasteiger partial charge in [0.25, 0.3) is 0 Å². The predicted molar refractivity (Wildman–Crippen MR) is 83.5 cm³/mol.